The van der Waals surface area contributed by atoms with Crippen LogP contribution in [0.15, 0.2) is 28.7 Å². The van der Waals surface area contributed by atoms with Crippen LogP contribution >= 0.6 is 15.9 Å². The molecule has 1 aromatic carbocycles. The number of ether oxygens (including phenoxy) is 1. The van der Waals surface area contributed by atoms with Gasteiger partial charge < -0.3 is 10.1 Å². The number of hydrogen-bond acceptors (Lipinski definition) is 2. The smallest absolute Gasteiger partial charge is 0.0586 e. The summed E-state index contributed by atoms with van der Waals surface area (Å²) in [7, 11) is 1.82. The number of halogens is 1. The van der Waals surface area contributed by atoms with Crippen molar-refractivity contribution in [1.82, 2.24) is 5.32 Å². The topological polar surface area (TPSA) is 21.3 Å². The molecule has 2 nitrogen and oxygen atoms in total. The van der Waals surface area contributed by atoms with Crippen LogP contribution in [-0.2, 0) is 4.74 Å². The first-order valence-corrected chi connectivity index (χ1v) is 7.52. The number of methoxy groups -OCH3 is 1. The Balaban J connectivity index is 1.90. The Labute approximate surface area is 118 Å². The van der Waals surface area contributed by atoms with E-state index < -0.39 is 0 Å². The summed E-state index contributed by atoms with van der Waals surface area (Å²) < 4.78 is 6.61. The molecule has 1 aromatic rings. The van der Waals surface area contributed by atoms with E-state index in [-0.39, 0.29) is 0 Å². The molecule has 0 bridgehead atoms. The third kappa shape index (κ3) is 3.81. The van der Waals surface area contributed by atoms with Crippen molar-refractivity contribution in [2.45, 2.75) is 50.8 Å². The van der Waals surface area contributed by atoms with Crippen LogP contribution in [-0.4, -0.2) is 19.3 Å². The van der Waals surface area contributed by atoms with E-state index in [2.05, 4.69) is 52.4 Å². The molecule has 3 atom stereocenters. The van der Waals surface area contributed by atoms with Gasteiger partial charge in [-0.15, -0.1) is 0 Å². The van der Waals surface area contributed by atoms with E-state index in [9.17, 15) is 0 Å². The van der Waals surface area contributed by atoms with Crippen LogP contribution in [0.5, 0.6) is 0 Å². The fraction of sp³-hybridized carbons (Fsp3) is 0.600. The molecular weight excluding hydrogens is 290 g/mol. The van der Waals surface area contributed by atoms with Crippen LogP contribution in [0.1, 0.15) is 44.2 Å². The molecule has 100 valence electrons. The Morgan fingerprint density at radius 2 is 2.00 bits per heavy atom. The molecule has 0 radical (unpaired) electrons. The lowest BCUT2D eigenvalue weighted by atomic mass is 9.92. The Kier molecular flexibility index (Phi) is 5.22. The predicted molar refractivity (Wildman–Crippen MR) is 78.7 cm³/mol. The lowest BCUT2D eigenvalue weighted by Gasteiger charge is -2.31. The molecule has 1 aliphatic carbocycles. The summed E-state index contributed by atoms with van der Waals surface area (Å²) in [5.41, 5.74) is 1.35. The third-order valence-electron chi connectivity index (χ3n) is 3.82. The summed E-state index contributed by atoms with van der Waals surface area (Å²) in [6, 6.07) is 9.55. The standard InChI is InChI=1S/C15H22BrNO/c1-11(12-6-8-13(16)9-7-12)17-14-4-3-5-15(10-14)18-2/h6-9,11,14-15,17H,3-5,10H2,1-2H3. The Hall–Kier alpha value is -0.380. The van der Waals surface area contributed by atoms with Gasteiger partial charge in [0.05, 0.1) is 6.10 Å². The minimum atomic E-state index is 0.402. The molecule has 0 amide bonds. The summed E-state index contributed by atoms with van der Waals surface area (Å²) in [6.07, 6.45) is 5.32. The van der Waals surface area contributed by atoms with Gasteiger partial charge in [0, 0.05) is 23.7 Å². The highest BCUT2D eigenvalue weighted by Gasteiger charge is 2.22. The zero-order chi connectivity index (χ0) is 13.0. The Morgan fingerprint density at radius 3 is 2.67 bits per heavy atom. The molecule has 0 saturated heterocycles. The number of rotatable bonds is 4. The van der Waals surface area contributed by atoms with Crippen LogP contribution in [0, 0.1) is 0 Å². The summed E-state index contributed by atoms with van der Waals surface area (Å²) in [5.74, 6) is 0. The molecule has 2 rings (SSSR count). The molecule has 1 aliphatic rings. The molecule has 1 N–H and O–H groups in total. The first-order valence-electron chi connectivity index (χ1n) is 6.73. The molecule has 0 heterocycles. The summed E-state index contributed by atoms with van der Waals surface area (Å²) >= 11 is 3.47. The van der Waals surface area contributed by atoms with Gasteiger partial charge in [0.25, 0.3) is 0 Å². The average Bonchev–Trinajstić information content (AvgIpc) is 2.39. The fourth-order valence-electron chi connectivity index (χ4n) is 2.71. The molecule has 1 saturated carbocycles. The van der Waals surface area contributed by atoms with E-state index in [1.807, 2.05) is 7.11 Å². The van der Waals surface area contributed by atoms with Crippen molar-refractivity contribution in [3.8, 4) is 0 Å². The first kappa shape index (κ1) is 14.0. The maximum atomic E-state index is 5.48. The van der Waals surface area contributed by atoms with E-state index in [4.69, 9.17) is 4.74 Å². The summed E-state index contributed by atoms with van der Waals surface area (Å²) in [4.78, 5) is 0. The molecule has 3 unspecified atom stereocenters. The van der Waals surface area contributed by atoms with Crippen LogP contribution in [0.25, 0.3) is 0 Å². The quantitative estimate of drug-likeness (QED) is 0.905. The Morgan fingerprint density at radius 1 is 1.28 bits per heavy atom. The van der Waals surface area contributed by atoms with Crippen molar-refractivity contribution in [3.05, 3.63) is 34.3 Å². The first-order chi connectivity index (χ1) is 8.69. The lowest BCUT2D eigenvalue weighted by molar-refractivity contribution is 0.0572. The number of nitrogens with one attached hydrogen (secondary N) is 1. The lowest BCUT2D eigenvalue weighted by Crippen LogP contribution is -2.38. The second-order valence-electron chi connectivity index (χ2n) is 5.16. The average molecular weight is 312 g/mol. The molecular formula is C15H22BrNO. The van der Waals surface area contributed by atoms with Gasteiger partial charge in [-0.05, 0) is 50.3 Å². The van der Waals surface area contributed by atoms with Crippen LogP contribution in [0.2, 0.25) is 0 Å². The van der Waals surface area contributed by atoms with Gasteiger partial charge >= 0.3 is 0 Å². The van der Waals surface area contributed by atoms with Crippen molar-refractivity contribution in [2.75, 3.05) is 7.11 Å². The SMILES string of the molecule is COC1CCCC(NC(C)c2ccc(Br)cc2)C1. The van der Waals surface area contributed by atoms with E-state index >= 15 is 0 Å². The zero-order valence-corrected chi connectivity index (χ0v) is 12.7. The van der Waals surface area contributed by atoms with Gasteiger partial charge in [-0.3, -0.25) is 0 Å². The predicted octanol–water partition coefficient (Wildman–Crippen LogP) is 4.06. The summed E-state index contributed by atoms with van der Waals surface area (Å²) in [5, 5.41) is 3.72. The van der Waals surface area contributed by atoms with E-state index in [0.29, 0.717) is 18.2 Å². The van der Waals surface area contributed by atoms with Crippen molar-refractivity contribution in [2.24, 2.45) is 0 Å². The molecule has 18 heavy (non-hydrogen) atoms. The number of benzene rings is 1. The third-order valence-corrected chi connectivity index (χ3v) is 4.34. The molecule has 0 aliphatic heterocycles. The van der Waals surface area contributed by atoms with E-state index in [0.717, 1.165) is 10.9 Å². The van der Waals surface area contributed by atoms with Gasteiger partial charge in [0.2, 0.25) is 0 Å². The Bertz CT molecular complexity index is 365. The van der Waals surface area contributed by atoms with Gasteiger partial charge in [0.15, 0.2) is 0 Å². The van der Waals surface area contributed by atoms with Gasteiger partial charge in [-0.2, -0.15) is 0 Å². The minimum Gasteiger partial charge on any atom is -0.381 e. The van der Waals surface area contributed by atoms with Crippen molar-refractivity contribution in [1.29, 1.82) is 0 Å². The highest BCUT2D eigenvalue weighted by Crippen LogP contribution is 2.24. The zero-order valence-electron chi connectivity index (χ0n) is 11.2. The van der Waals surface area contributed by atoms with E-state index in [1.54, 1.807) is 0 Å². The van der Waals surface area contributed by atoms with Crippen molar-refractivity contribution in [3.63, 3.8) is 0 Å². The largest absolute Gasteiger partial charge is 0.381 e. The molecule has 1 fully saturated rings. The monoisotopic (exact) mass is 311 g/mol. The summed E-state index contributed by atoms with van der Waals surface area (Å²) in [6.45, 7) is 2.24. The normalized spacial score (nSPS) is 25.9. The van der Waals surface area contributed by atoms with Gasteiger partial charge in [0.1, 0.15) is 0 Å². The maximum Gasteiger partial charge on any atom is 0.0586 e. The van der Waals surface area contributed by atoms with Crippen molar-refractivity contribution >= 4 is 15.9 Å². The van der Waals surface area contributed by atoms with Crippen LogP contribution in [0.4, 0.5) is 0 Å². The second kappa shape index (κ2) is 6.69. The maximum absolute atomic E-state index is 5.48. The van der Waals surface area contributed by atoms with Gasteiger partial charge in [-0.1, -0.05) is 28.1 Å². The van der Waals surface area contributed by atoms with Crippen LogP contribution in [0.3, 0.4) is 0 Å². The second-order valence-corrected chi connectivity index (χ2v) is 6.08. The molecule has 3 heteroatoms. The molecule has 0 aromatic heterocycles. The van der Waals surface area contributed by atoms with Crippen molar-refractivity contribution < 1.29 is 4.74 Å². The molecule has 0 spiro atoms. The van der Waals surface area contributed by atoms with E-state index in [1.165, 1.54) is 24.8 Å². The highest BCUT2D eigenvalue weighted by atomic mass is 79.9. The van der Waals surface area contributed by atoms with Gasteiger partial charge in [-0.25, -0.2) is 0 Å². The minimum absolute atomic E-state index is 0.402. The number of hydrogen-bond donors (Lipinski definition) is 1. The fourth-order valence-corrected chi connectivity index (χ4v) is 2.98. The highest BCUT2D eigenvalue weighted by molar-refractivity contribution is 9.10. The van der Waals surface area contributed by atoms with Crippen LogP contribution < -0.4 is 5.32 Å².